The number of thiol groups is 1. The van der Waals surface area contributed by atoms with Gasteiger partial charge < -0.3 is 20.5 Å². The molecule has 1 aromatic heterocycles. The molecule has 0 spiro atoms. The van der Waals surface area contributed by atoms with Crippen LogP contribution in [0.25, 0.3) is 0 Å². The standard InChI is InChI=1S/C22H23N5O3S/c1-15(14-28)25-21-17(7-6-16-4-3-5-19(12-16)30-2)13-24-22(27-21)26-18-8-10-20(11-9-18)31(23)29/h3-5,8-13,15,23,28,31H,14H2,1-2H3,(H2,24,25,26,27)/t15-/m1/s1. The first-order valence-electron chi connectivity index (χ1n) is 9.44. The molecule has 4 N–H and O–H groups in total. The summed E-state index contributed by atoms with van der Waals surface area (Å²) in [5.74, 6) is 7.68. The maximum Gasteiger partial charge on any atom is 0.229 e. The SMILES string of the molecule is COc1cccc(C#Cc2cnc(Nc3ccc([SH](=N)=O)cc3)nc2N[C@H](C)CO)c1. The minimum Gasteiger partial charge on any atom is -0.497 e. The topological polar surface area (TPSA) is 120 Å². The second kappa shape index (κ2) is 10.4. The van der Waals surface area contributed by atoms with Crippen LogP contribution in [0.3, 0.4) is 0 Å². The molecule has 0 fully saturated rings. The maximum absolute atomic E-state index is 11.2. The van der Waals surface area contributed by atoms with E-state index in [1.165, 1.54) is 0 Å². The fraction of sp³-hybridized carbons (Fsp3) is 0.182. The molecule has 0 bridgehead atoms. The van der Waals surface area contributed by atoms with Gasteiger partial charge in [0.15, 0.2) is 0 Å². The zero-order valence-electron chi connectivity index (χ0n) is 17.1. The molecular weight excluding hydrogens is 414 g/mol. The average Bonchev–Trinajstić information content (AvgIpc) is 2.79. The summed E-state index contributed by atoms with van der Waals surface area (Å²) in [5.41, 5.74) is 2.06. The van der Waals surface area contributed by atoms with Crippen molar-refractivity contribution in [1.29, 1.82) is 4.78 Å². The highest BCUT2D eigenvalue weighted by Crippen LogP contribution is 2.19. The Morgan fingerprint density at radius 1 is 1.23 bits per heavy atom. The van der Waals surface area contributed by atoms with Gasteiger partial charge in [0, 0.05) is 22.2 Å². The molecule has 0 aliphatic heterocycles. The van der Waals surface area contributed by atoms with E-state index in [0.29, 0.717) is 27.9 Å². The van der Waals surface area contributed by atoms with Crippen LogP contribution >= 0.6 is 0 Å². The lowest BCUT2D eigenvalue weighted by Crippen LogP contribution is -2.21. The Balaban J connectivity index is 1.88. The Morgan fingerprint density at radius 3 is 2.68 bits per heavy atom. The van der Waals surface area contributed by atoms with Crippen LogP contribution in [0.4, 0.5) is 17.5 Å². The van der Waals surface area contributed by atoms with Crippen LogP contribution in [0.1, 0.15) is 18.1 Å². The molecule has 9 heteroatoms. The highest BCUT2D eigenvalue weighted by Gasteiger charge is 2.09. The molecule has 0 aliphatic rings. The number of hydrogen-bond acceptors (Lipinski definition) is 8. The summed E-state index contributed by atoms with van der Waals surface area (Å²) in [4.78, 5) is 9.27. The molecule has 160 valence electrons. The fourth-order valence-electron chi connectivity index (χ4n) is 2.57. The predicted octanol–water partition coefficient (Wildman–Crippen LogP) is 3.02. The largest absolute Gasteiger partial charge is 0.497 e. The molecule has 0 aliphatic carbocycles. The van der Waals surface area contributed by atoms with E-state index >= 15 is 0 Å². The first-order chi connectivity index (χ1) is 15.0. The first kappa shape index (κ1) is 22.1. The lowest BCUT2D eigenvalue weighted by atomic mass is 10.2. The molecule has 0 saturated heterocycles. The molecule has 2 aromatic carbocycles. The third-order valence-electron chi connectivity index (χ3n) is 4.21. The zero-order chi connectivity index (χ0) is 22.2. The molecular formula is C22H23N5O3S. The van der Waals surface area contributed by atoms with Crippen molar-refractivity contribution >= 4 is 28.0 Å². The van der Waals surface area contributed by atoms with E-state index in [1.807, 2.05) is 31.2 Å². The Morgan fingerprint density at radius 2 is 2.00 bits per heavy atom. The Kier molecular flexibility index (Phi) is 7.43. The van der Waals surface area contributed by atoms with Crippen molar-refractivity contribution in [3.63, 3.8) is 0 Å². The Bertz CT molecular complexity index is 1180. The second-order valence-corrected chi connectivity index (χ2v) is 7.74. The van der Waals surface area contributed by atoms with Crippen LogP contribution in [0.5, 0.6) is 5.75 Å². The van der Waals surface area contributed by atoms with Crippen molar-refractivity contribution in [2.75, 3.05) is 24.4 Å². The van der Waals surface area contributed by atoms with Gasteiger partial charge in [0.2, 0.25) is 5.95 Å². The van der Waals surface area contributed by atoms with Gasteiger partial charge in [0.25, 0.3) is 0 Å². The van der Waals surface area contributed by atoms with Crippen molar-refractivity contribution in [3.05, 3.63) is 65.9 Å². The lowest BCUT2D eigenvalue weighted by Gasteiger charge is -2.14. The maximum atomic E-state index is 11.2. The van der Waals surface area contributed by atoms with Crippen LogP contribution < -0.4 is 15.4 Å². The van der Waals surface area contributed by atoms with Gasteiger partial charge in [-0.05, 0) is 49.4 Å². The van der Waals surface area contributed by atoms with Crippen LogP contribution in [0.2, 0.25) is 0 Å². The number of aliphatic hydroxyl groups excluding tert-OH is 1. The van der Waals surface area contributed by atoms with E-state index < -0.39 is 10.6 Å². The fourth-order valence-corrected chi connectivity index (χ4v) is 2.99. The molecule has 0 radical (unpaired) electrons. The number of methoxy groups -OCH3 is 1. The van der Waals surface area contributed by atoms with Crippen LogP contribution in [0.15, 0.2) is 59.6 Å². The van der Waals surface area contributed by atoms with Gasteiger partial charge in [-0.15, -0.1) is 0 Å². The molecule has 1 unspecified atom stereocenters. The number of hydrogen-bond donors (Lipinski definition) is 5. The lowest BCUT2D eigenvalue weighted by molar-refractivity contribution is 0.281. The van der Waals surface area contributed by atoms with Crippen LogP contribution in [0, 0.1) is 16.6 Å². The summed E-state index contributed by atoms with van der Waals surface area (Å²) in [6.45, 7) is 1.76. The number of nitrogens with zero attached hydrogens (tertiary/aromatic N) is 2. The molecule has 8 nitrogen and oxygen atoms in total. The smallest absolute Gasteiger partial charge is 0.229 e. The minimum absolute atomic E-state index is 0.0672. The number of anilines is 3. The quantitative estimate of drug-likeness (QED) is 0.285. The van der Waals surface area contributed by atoms with Gasteiger partial charge in [0.1, 0.15) is 11.6 Å². The monoisotopic (exact) mass is 437 g/mol. The van der Waals surface area contributed by atoms with Gasteiger partial charge in [0.05, 0.1) is 36.1 Å². The normalized spacial score (nSPS) is 12.2. The number of aromatic nitrogens is 2. The van der Waals surface area contributed by atoms with Crippen molar-refractivity contribution in [3.8, 4) is 17.6 Å². The van der Waals surface area contributed by atoms with E-state index in [2.05, 4.69) is 32.4 Å². The van der Waals surface area contributed by atoms with E-state index in [9.17, 15) is 9.32 Å². The zero-order valence-corrected chi connectivity index (χ0v) is 18.0. The highest BCUT2D eigenvalue weighted by molar-refractivity contribution is 7.73. The molecule has 2 atom stereocenters. The van der Waals surface area contributed by atoms with Gasteiger partial charge >= 0.3 is 0 Å². The highest BCUT2D eigenvalue weighted by atomic mass is 32.2. The van der Waals surface area contributed by atoms with Gasteiger partial charge in [-0.3, -0.25) is 4.78 Å². The summed E-state index contributed by atoms with van der Waals surface area (Å²) in [5, 5.41) is 15.6. The van der Waals surface area contributed by atoms with Gasteiger partial charge in [-0.25, -0.2) is 9.19 Å². The van der Waals surface area contributed by atoms with Gasteiger partial charge in [-0.2, -0.15) is 4.98 Å². The molecule has 1 heterocycles. The number of nitrogens with one attached hydrogen (secondary N) is 3. The van der Waals surface area contributed by atoms with E-state index in [-0.39, 0.29) is 12.6 Å². The number of benzene rings is 2. The van der Waals surface area contributed by atoms with Gasteiger partial charge in [-0.1, -0.05) is 17.9 Å². The molecule has 0 amide bonds. The van der Waals surface area contributed by atoms with Crippen molar-refractivity contribution < 1.29 is 14.1 Å². The van der Waals surface area contributed by atoms with Crippen molar-refractivity contribution in [2.45, 2.75) is 17.9 Å². The first-order valence-corrected chi connectivity index (χ1v) is 10.7. The van der Waals surface area contributed by atoms with Crippen molar-refractivity contribution in [1.82, 2.24) is 9.97 Å². The average molecular weight is 438 g/mol. The predicted molar refractivity (Wildman–Crippen MR) is 121 cm³/mol. The third-order valence-corrected chi connectivity index (χ3v) is 4.98. The Labute approximate surface area is 182 Å². The second-order valence-electron chi connectivity index (χ2n) is 6.63. The van der Waals surface area contributed by atoms with E-state index in [0.717, 1.165) is 11.3 Å². The summed E-state index contributed by atoms with van der Waals surface area (Å²) in [7, 11) is -0.529. The molecule has 31 heavy (non-hydrogen) atoms. The third kappa shape index (κ3) is 6.18. The van der Waals surface area contributed by atoms with Crippen LogP contribution in [-0.2, 0) is 10.6 Å². The number of ether oxygens (including phenoxy) is 1. The van der Waals surface area contributed by atoms with Crippen LogP contribution in [-0.4, -0.2) is 39.0 Å². The van der Waals surface area contributed by atoms with E-state index in [4.69, 9.17) is 9.52 Å². The summed E-state index contributed by atoms with van der Waals surface area (Å²) < 4.78 is 23.8. The van der Waals surface area contributed by atoms with Crippen molar-refractivity contribution in [2.24, 2.45) is 0 Å². The number of rotatable bonds is 7. The minimum atomic E-state index is -2.13. The number of aliphatic hydroxyl groups is 1. The molecule has 0 saturated carbocycles. The van der Waals surface area contributed by atoms with E-state index in [1.54, 1.807) is 37.6 Å². The Hall–Kier alpha value is -3.61. The summed E-state index contributed by atoms with van der Waals surface area (Å²) in [6, 6.07) is 13.9. The summed E-state index contributed by atoms with van der Waals surface area (Å²) in [6.07, 6.45) is 1.60. The molecule has 3 rings (SSSR count). The molecule has 3 aromatic rings. The summed E-state index contributed by atoms with van der Waals surface area (Å²) >= 11 is 0.